The SMILES string of the molecule is CCCCCCNCCN(CCCC)C1CC1. The van der Waals surface area contributed by atoms with Gasteiger partial charge in [-0.2, -0.15) is 0 Å². The van der Waals surface area contributed by atoms with E-state index in [9.17, 15) is 0 Å². The van der Waals surface area contributed by atoms with Crippen molar-refractivity contribution in [2.45, 2.75) is 71.3 Å². The van der Waals surface area contributed by atoms with Gasteiger partial charge in [0.2, 0.25) is 0 Å². The zero-order valence-electron chi connectivity index (χ0n) is 12.0. The lowest BCUT2D eigenvalue weighted by molar-refractivity contribution is 0.259. The molecule has 0 spiro atoms. The van der Waals surface area contributed by atoms with E-state index in [4.69, 9.17) is 0 Å². The van der Waals surface area contributed by atoms with Crippen LogP contribution in [0.2, 0.25) is 0 Å². The van der Waals surface area contributed by atoms with E-state index in [-0.39, 0.29) is 0 Å². The molecule has 0 amide bonds. The second kappa shape index (κ2) is 9.90. The van der Waals surface area contributed by atoms with Gasteiger partial charge in [0.15, 0.2) is 0 Å². The molecule has 0 aromatic carbocycles. The van der Waals surface area contributed by atoms with E-state index in [1.807, 2.05) is 0 Å². The molecule has 1 aliphatic carbocycles. The molecular formula is C15H32N2. The first-order valence-electron chi connectivity index (χ1n) is 7.83. The summed E-state index contributed by atoms with van der Waals surface area (Å²) in [4.78, 5) is 2.70. The standard InChI is InChI=1S/C15H32N2/c1-3-5-7-8-11-16-12-14-17(13-6-4-2)15-9-10-15/h15-16H,3-14H2,1-2H3. The summed E-state index contributed by atoms with van der Waals surface area (Å²) in [6.45, 7) is 9.54. The Bertz CT molecular complexity index is 166. The van der Waals surface area contributed by atoms with Gasteiger partial charge >= 0.3 is 0 Å². The van der Waals surface area contributed by atoms with Crippen molar-refractivity contribution in [3.05, 3.63) is 0 Å². The Kier molecular flexibility index (Phi) is 8.72. The molecule has 0 atom stereocenters. The molecule has 102 valence electrons. The lowest BCUT2D eigenvalue weighted by Crippen LogP contribution is -2.34. The molecule has 1 fully saturated rings. The predicted molar refractivity (Wildman–Crippen MR) is 76.5 cm³/mol. The topological polar surface area (TPSA) is 15.3 Å². The summed E-state index contributed by atoms with van der Waals surface area (Å²) in [5.41, 5.74) is 0. The third-order valence-electron chi connectivity index (χ3n) is 3.65. The Morgan fingerprint density at radius 2 is 1.65 bits per heavy atom. The minimum absolute atomic E-state index is 0.934. The third-order valence-corrected chi connectivity index (χ3v) is 3.65. The number of unbranched alkanes of at least 4 members (excludes halogenated alkanes) is 4. The van der Waals surface area contributed by atoms with E-state index >= 15 is 0 Å². The van der Waals surface area contributed by atoms with Crippen LogP contribution >= 0.6 is 0 Å². The molecule has 0 bridgehead atoms. The first-order valence-corrected chi connectivity index (χ1v) is 7.83. The van der Waals surface area contributed by atoms with Crippen molar-refractivity contribution < 1.29 is 0 Å². The van der Waals surface area contributed by atoms with Crippen LogP contribution in [0.4, 0.5) is 0 Å². The maximum atomic E-state index is 3.59. The molecule has 1 aliphatic rings. The second-order valence-corrected chi connectivity index (χ2v) is 5.43. The number of nitrogens with zero attached hydrogens (tertiary/aromatic N) is 1. The monoisotopic (exact) mass is 240 g/mol. The lowest BCUT2D eigenvalue weighted by Gasteiger charge is -2.21. The van der Waals surface area contributed by atoms with Crippen LogP contribution in [0.3, 0.4) is 0 Å². The summed E-state index contributed by atoms with van der Waals surface area (Å²) in [6, 6.07) is 0.934. The maximum Gasteiger partial charge on any atom is 0.0110 e. The quantitative estimate of drug-likeness (QED) is 0.526. The fourth-order valence-corrected chi connectivity index (χ4v) is 2.30. The van der Waals surface area contributed by atoms with Gasteiger partial charge in [0.25, 0.3) is 0 Å². The van der Waals surface area contributed by atoms with Crippen LogP contribution in [-0.2, 0) is 0 Å². The highest BCUT2D eigenvalue weighted by atomic mass is 15.2. The smallest absolute Gasteiger partial charge is 0.0110 e. The predicted octanol–water partition coefficient (Wildman–Crippen LogP) is 3.42. The summed E-state index contributed by atoms with van der Waals surface area (Å²) >= 11 is 0. The van der Waals surface area contributed by atoms with Gasteiger partial charge in [0.05, 0.1) is 0 Å². The van der Waals surface area contributed by atoms with Gasteiger partial charge in [-0.15, -0.1) is 0 Å². The summed E-state index contributed by atoms with van der Waals surface area (Å²) in [7, 11) is 0. The number of nitrogens with one attached hydrogen (secondary N) is 1. The molecule has 1 N–H and O–H groups in total. The molecule has 1 saturated carbocycles. The Morgan fingerprint density at radius 3 is 2.29 bits per heavy atom. The largest absolute Gasteiger partial charge is 0.315 e. The number of hydrogen-bond acceptors (Lipinski definition) is 2. The fraction of sp³-hybridized carbons (Fsp3) is 1.00. The molecule has 0 aromatic rings. The van der Waals surface area contributed by atoms with Gasteiger partial charge in [0, 0.05) is 19.1 Å². The van der Waals surface area contributed by atoms with Crippen LogP contribution < -0.4 is 5.32 Å². The van der Waals surface area contributed by atoms with E-state index in [1.165, 1.54) is 77.5 Å². The molecule has 1 rings (SSSR count). The summed E-state index contributed by atoms with van der Waals surface area (Å²) < 4.78 is 0. The third kappa shape index (κ3) is 7.77. The molecule has 2 heteroatoms. The van der Waals surface area contributed by atoms with Crippen LogP contribution in [0, 0.1) is 0 Å². The molecule has 0 saturated heterocycles. The van der Waals surface area contributed by atoms with Gasteiger partial charge in [-0.3, -0.25) is 4.90 Å². The lowest BCUT2D eigenvalue weighted by atomic mass is 10.2. The van der Waals surface area contributed by atoms with E-state index in [2.05, 4.69) is 24.1 Å². The molecule has 17 heavy (non-hydrogen) atoms. The summed E-state index contributed by atoms with van der Waals surface area (Å²) in [5.74, 6) is 0. The highest BCUT2D eigenvalue weighted by Crippen LogP contribution is 2.26. The molecule has 0 radical (unpaired) electrons. The average Bonchev–Trinajstić information content (AvgIpc) is 3.16. The number of rotatable bonds is 12. The van der Waals surface area contributed by atoms with Crippen molar-refractivity contribution in [2.24, 2.45) is 0 Å². The maximum absolute atomic E-state index is 3.59. The van der Waals surface area contributed by atoms with Gasteiger partial charge in [-0.05, 0) is 38.8 Å². The van der Waals surface area contributed by atoms with Gasteiger partial charge < -0.3 is 5.32 Å². The van der Waals surface area contributed by atoms with Gasteiger partial charge in [-0.1, -0.05) is 39.5 Å². The normalized spacial score (nSPS) is 15.7. The molecule has 0 unspecified atom stereocenters. The highest BCUT2D eigenvalue weighted by molar-refractivity contribution is 4.84. The minimum Gasteiger partial charge on any atom is -0.315 e. The van der Waals surface area contributed by atoms with E-state index in [0.717, 1.165) is 6.04 Å². The van der Waals surface area contributed by atoms with Crippen LogP contribution in [-0.4, -0.2) is 37.1 Å². The van der Waals surface area contributed by atoms with Crippen molar-refractivity contribution in [1.82, 2.24) is 10.2 Å². The van der Waals surface area contributed by atoms with Gasteiger partial charge in [-0.25, -0.2) is 0 Å². The Hall–Kier alpha value is -0.0800. The van der Waals surface area contributed by atoms with Crippen LogP contribution in [0.1, 0.15) is 65.2 Å². The van der Waals surface area contributed by atoms with Crippen LogP contribution in [0.5, 0.6) is 0 Å². The first kappa shape index (κ1) is 15.0. The highest BCUT2D eigenvalue weighted by Gasteiger charge is 2.27. The zero-order chi connectivity index (χ0) is 12.3. The molecular weight excluding hydrogens is 208 g/mol. The Labute approximate surface area is 108 Å². The molecule has 0 aliphatic heterocycles. The van der Waals surface area contributed by atoms with Crippen molar-refractivity contribution in [3.63, 3.8) is 0 Å². The molecule has 0 heterocycles. The second-order valence-electron chi connectivity index (χ2n) is 5.43. The van der Waals surface area contributed by atoms with Gasteiger partial charge in [0.1, 0.15) is 0 Å². The van der Waals surface area contributed by atoms with Crippen LogP contribution in [0.15, 0.2) is 0 Å². The average molecular weight is 240 g/mol. The summed E-state index contributed by atoms with van der Waals surface area (Å²) in [5, 5.41) is 3.59. The van der Waals surface area contributed by atoms with Crippen molar-refractivity contribution in [1.29, 1.82) is 0 Å². The van der Waals surface area contributed by atoms with Crippen molar-refractivity contribution in [3.8, 4) is 0 Å². The number of hydrogen-bond donors (Lipinski definition) is 1. The Morgan fingerprint density at radius 1 is 0.882 bits per heavy atom. The molecule has 0 aromatic heterocycles. The zero-order valence-corrected chi connectivity index (χ0v) is 12.0. The molecule has 2 nitrogen and oxygen atoms in total. The van der Waals surface area contributed by atoms with Crippen molar-refractivity contribution in [2.75, 3.05) is 26.2 Å². The van der Waals surface area contributed by atoms with E-state index < -0.39 is 0 Å². The fourth-order valence-electron chi connectivity index (χ4n) is 2.30. The van der Waals surface area contributed by atoms with E-state index in [0.29, 0.717) is 0 Å². The minimum atomic E-state index is 0.934. The first-order chi connectivity index (χ1) is 8.38. The van der Waals surface area contributed by atoms with E-state index in [1.54, 1.807) is 0 Å². The summed E-state index contributed by atoms with van der Waals surface area (Å²) in [6.07, 6.45) is 11.1. The van der Waals surface area contributed by atoms with Crippen LogP contribution in [0.25, 0.3) is 0 Å². The van der Waals surface area contributed by atoms with Crippen molar-refractivity contribution >= 4 is 0 Å². The Balaban J connectivity index is 1.91.